The number of hydrogen-bond donors (Lipinski definition) is 3. The van der Waals surface area contributed by atoms with Crippen LogP contribution in [0.15, 0.2) is 27.8 Å². The topological polar surface area (TPSA) is 96.0 Å². The van der Waals surface area contributed by atoms with Gasteiger partial charge < -0.3 is 15.6 Å². The summed E-state index contributed by atoms with van der Waals surface area (Å²) in [7, 11) is 0. The van der Waals surface area contributed by atoms with Crippen molar-refractivity contribution in [3.8, 4) is 0 Å². The first-order valence-corrected chi connectivity index (χ1v) is 7.88. The third-order valence-corrected chi connectivity index (χ3v) is 4.23. The summed E-state index contributed by atoms with van der Waals surface area (Å²) in [5.41, 5.74) is 0.0159. The number of nitrogens with one attached hydrogen (secondary N) is 3. The molecular weight excluding hydrogens is 332 g/mol. The van der Waals surface area contributed by atoms with Crippen LogP contribution >= 0.6 is 12.4 Å². The molecule has 3 N–H and O–H groups in total. The van der Waals surface area contributed by atoms with Gasteiger partial charge >= 0.3 is 5.69 Å². The first kappa shape index (κ1) is 18.2. The number of H-pyrrole nitrogens is 1. The summed E-state index contributed by atoms with van der Waals surface area (Å²) in [6.07, 6.45) is 2.18. The van der Waals surface area contributed by atoms with Crippen LogP contribution in [0.4, 0.5) is 0 Å². The molecule has 24 heavy (non-hydrogen) atoms. The van der Waals surface area contributed by atoms with E-state index in [0.29, 0.717) is 35.6 Å². The fourth-order valence-corrected chi connectivity index (χ4v) is 2.93. The van der Waals surface area contributed by atoms with Crippen molar-refractivity contribution in [2.24, 2.45) is 0 Å². The van der Waals surface area contributed by atoms with E-state index in [4.69, 9.17) is 0 Å². The number of benzene rings is 1. The maximum Gasteiger partial charge on any atom is 0.328 e. The Bertz CT molecular complexity index is 853. The van der Waals surface area contributed by atoms with Crippen LogP contribution in [-0.4, -0.2) is 34.6 Å². The zero-order valence-corrected chi connectivity index (χ0v) is 14.2. The zero-order chi connectivity index (χ0) is 16.4. The summed E-state index contributed by atoms with van der Waals surface area (Å²) in [6.45, 7) is 3.61. The molecule has 0 spiro atoms. The largest absolute Gasteiger partial charge is 0.350 e. The third kappa shape index (κ3) is 3.52. The molecule has 1 aliphatic heterocycles. The van der Waals surface area contributed by atoms with Gasteiger partial charge in [-0.05, 0) is 44.5 Å². The van der Waals surface area contributed by atoms with Crippen molar-refractivity contribution in [1.82, 2.24) is 20.2 Å². The van der Waals surface area contributed by atoms with Crippen LogP contribution < -0.4 is 21.9 Å². The number of amides is 1. The lowest BCUT2D eigenvalue weighted by Crippen LogP contribution is -2.37. The highest BCUT2D eigenvalue weighted by Gasteiger charge is 2.16. The molecule has 1 fully saturated rings. The van der Waals surface area contributed by atoms with Crippen molar-refractivity contribution >= 4 is 29.2 Å². The molecule has 8 heteroatoms. The number of nitrogens with zero attached hydrogens (tertiary/aromatic N) is 1. The van der Waals surface area contributed by atoms with Gasteiger partial charge in [-0.3, -0.25) is 14.2 Å². The van der Waals surface area contributed by atoms with E-state index in [1.54, 1.807) is 25.1 Å². The second kappa shape index (κ2) is 7.63. The van der Waals surface area contributed by atoms with Gasteiger partial charge in [-0.2, -0.15) is 0 Å². The lowest BCUT2D eigenvalue weighted by atomic mass is 10.1. The summed E-state index contributed by atoms with van der Waals surface area (Å²) in [6, 6.07) is 5.06. The van der Waals surface area contributed by atoms with Gasteiger partial charge in [0, 0.05) is 24.7 Å². The van der Waals surface area contributed by atoms with E-state index in [9.17, 15) is 14.4 Å². The van der Waals surface area contributed by atoms with E-state index < -0.39 is 5.69 Å². The van der Waals surface area contributed by atoms with Crippen molar-refractivity contribution in [3.63, 3.8) is 0 Å². The van der Waals surface area contributed by atoms with Crippen LogP contribution in [0.3, 0.4) is 0 Å². The van der Waals surface area contributed by atoms with Gasteiger partial charge in [0.05, 0.1) is 10.9 Å². The Morgan fingerprint density at radius 2 is 2.17 bits per heavy atom. The molecule has 1 aromatic carbocycles. The molecule has 1 atom stereocenters. The average molecular weight is 353 g/mol. The third-order valence-electron chi connectivity index (χ3n) is 4.23. The van der Waals surface area contributed by atoms with Crippen LogP contribution in [0.25, 0.3) is 10.9 Å². The molecule has 1 aliphatic rings. The number of aromatic amines is 1. The molecule has 3 rings (SSSR count). The molecular formula is C16H21ClN4O3. The predicted octanol–water partition coefficient (Wildman–Crippen LogP) is 0.613. The Balaban J connectivity index is 0.00000208. The first-order chi connectivity index (χ1) is 11.1. The summed E-state index contributed by atoms with van der Waals surface area (Å²) >= 11 is 0. The highest BCUT2D eigenvalue weighted by Crippen LogP contribution is 2.10. The molecule has 2 heterocycles. The van der Waals surface area contributed by atoms with Crippen LogP contribution in [0, 0.1) is 0 Å². The quantitative estimate of drug-likeness (QED) is 0.751. The van der Waals surface area contributed by atoms with Crippen molar-refractivity contribution < 1.29 is 4.79 Å². The molecule has 2 aromatic rings. The van der Waals surface area contributed by atoms with Gasteiger partial charge in [0.2, 0.25) is 0 Å². The van der Waals surface area contributed by atoms with Crippen molar-refractivity contribution in [2.45, 2.75) is 32.4 Å². The van der Waals surface area contributed by atoms with Gasteiger partial charge in [0.15, 0.2) is 0 Å². The fraction of sp³-hybridized carbons (Fsp3) is 0.438. The average Bonchev–Trinajstić information content (AvgIpc) is 3.06. The molecule has 7 nitrogen and oxygen atoms in total. The van der Waals surface area contributed by atoms with Crippen LogP contribution in [-0.2, 0) is 6.54 Å². The Morgan fingerprint density at radius 1 is 1.38 bits per heavy atom. The van der Waals surface area contributed by atoms with Crippen molar-refractivity contribution in [2.75, 3.05) is 13.1 Å². The van der Waals surface area contributed by atoms with E-state index >= 15 is 0 Å². The van der Waals surface area contributed by atoms with Crippen LogP contribution in [0.2, 0.25) is 0 Å². The van der Waals surface area contributed by atoms with Gasteiger partial charge in [0.25, 0.3) is 11.5 Å². The number of aromatic nitrogens is 2. The smallest absolute Gasteiger partial charge is 0.328 e. The number of carbonyl (C=O) groups excluding carboxylic acids is 1. The maximum absolute atomic E-state index is 12.2. The van der Waals surface area contributed by atoms with E-state index in [1.807, 2.05) is 0 Å². The lowest BCUT2D eigenvalue weighted by molar-refractivity contribution is 0.0950. The normalized spacial score (nSPS) is 16.8. The number of rotatable bonds is 4. The molecule has 1 unspecified atom stereocenters. The summed E-state index contributed by atoms with van der Waals surface area (Å²) in [5, 5.41) is 6.60. The fourth-order valence-electron chi connectivity index (χ4n) is 2.93. The number of fused-ring (bicyclic) bond motifs is 1. The SMILES string of the molecule is CCn1c(=O)[nH]c2cc(C(=O)NCC3CCCN3)ccc2c1=O.Cl. The zero-order valence-electron chi connectivity index (χ0n) is 13.4. The van der Waals surface area contributed by atoms with E-state index in [-0.39, 0.29) is 23.9 Å². The first-order valence-electron chi connectivity index (χ1n) is 7.88. The second-order valence-corrected chi connectivity index (χ2v) is 5.74. The van der Waals surface area contributed by atoms with Gasteiger partial charge in [-0.1, -0.05) is 0 Å². The molecule has 1 aromatic heterocycles. The van der Waals surface area contributed by atoms with E-state index in [1.165, 1.54) is 0 Å². The molecule has 0 saturated carbocycles. The minimum Gasteiger partial charge on any atom is -0.350 e. The molecule has 0 aliphatic carbocycles. The second-order valence-electron chi connectivity index (χ2n) is 5.74. The number of halogens is 1. The maximum atomic E-state index is 12.2. The lowest BCUT2D eigenvalue weighted by Gasteiger charge is -2.12. The predicted molar refractivity (Wildman–Crippen MR) is 95.1 cm³/mol. The molecule has 130 valence electrons. The molecule has 0 bridgehead atoms. The van der Waals surface area contributed by atoms with E-state index in [2.05, 4.69) is 15.6 Å². The molecule has 0 radical (unpaired) electrons. The monoisotopic (exact) mass is 352 g/mol. The van der Waals surface area contributed by atoms with Gasteiger partial charge in [-0.25, -0.2) is 4.79 Å². The highest BCUT2D eigenvalue weighted by molar-refractivity contribution is 5.97. The summed E-state index contributed by atoms with van der Waals surface area (Å²) in [5.74, 6) is -0.207. The molecule has 1 amide bonds. The number of carbonyl (C=O) groups is 1. The molecule has 1 saturated heterocycles. The van der Waals surface area contributed by atoms with Crippen LogP contribution in [0.1, 0.15) is 30.1 Å². The minimum atomic E-state index is -0.460. The Kier molecular flexibility index (Phi) is 5.80. The van der Waals surface area contributed by atoms with Crippen molar-refractivity contribution in [1.29, 1.82) is 0 Å². The Labute approximate surface area is 144 Å². The summed E-state index contributed by atoms with van der Waals surface area (Å²) in [4.78, 5) is 38.9. The number of hydrogen-bond acceptors (Lipinski definition) is 4. The summed E-state index contributed by atoms with van der Waals surface area (Å²) < 4.78 is 1.13. The minimum absolute atomic E-state index is 0. The highest BCUT2D eigenvalue weighted by atomic mass is 35.5. The van der Waals surface area contributed by atoms with E-state index in [0.717, 1.165) is 24.0 Å². The Hall–Kier alpha value is -2.12. The van der Waals surface area contributed by atoms with Gasteiger partial charge in [-0.15, -0.1) is 12.4 Å². The van der Waals surface area contributed by atoms with Gasteiger partial charge in [0.1, 0.15) is 0 Å². The standard InChI is InChI=1S/C16H20N4O3.ClH/c1-2-20-15(22)12-6-5-10(8-13(12)19-16(20)23)14(21)18-9-11-4-3-7-17-11;/h5-6,8,11,17H,2-4,7,9H2,1H3,(H,18,21)(H,19,23);1H. The van der Waals surface area contributed by atoms with Crippen molar-refractivity contribution in [3.05, 3.63) is 44.6 Å². The van der Waals surface area contributed by atoms with Crippen LogP contribution in [0.5, 0.6) is 0 Å². The Morgan fingerprint density at radius 3 is 2.83 bits per heavy atom.